The number of aromatic amines is 1. The van der Waals surface area contributed by atoms with Gasteiger partial charge in [0.1, 0.15) is 29.1 Å². The molecule has 0 aliphatic heterocycles. The number of aryl methyl sites for hydroxylation is 2. The maximum Gasteiger partial charge on any atom is 0.255 e. The molecule has 190 valence electrons. The van der Waals surface area contributed by atoms with Crippen molar-refractivity contribution in [3.63, 3.8) is 0 Å². The zero-order chi connectivity index (χ0) is 25.4. The van der Waals surface area contributed by atoms with Crippen molar-refractivity contribution >= 4 is 22.8 Å². The summed E-state index contributed by atoms with van der Waals surface area (Å²) in [6.45, 7) is 5.63. The third-order valence-electron chi connectivity index (χ3n) is 7.16. The molecule has 2 heterocycles. The van der Waals surface area contributed by atoms with Crippen LogP contribution in [0.2, 0.25) is 0 Å². The summed E-state index contributed by atoms with van der Waals surface area (Å²) >= 11 is 0. The molecule has 2 aliphatic carbocycles. The highest BCUT2D eigenvalue weighted by molar-refractivity contribution is 6.09. The number of amides is 2. The van der Waals surface area contributed by atoms with E-state index < -0.39 is 0 Å². The normalized spacial score (nSPS) is 19.8. The summed E-state index contributed by atoms with van der Waals surface area (Å²) in [5.41, 5.74) is 4.06. The molecule has 2 aromatic heterocycles. The van der Waals surface area contributed by atoms with Gasteiger partial charge >= 0.3 is 0 Å². The van der Waals surface area contributed by atoms with Gasteiger partial charge in [0, 0.05) is 36.3 Å². The van der Waals surface area contributed by atoms with E-state index in [1.54, 1.807) is 13.0 Å². The summed E-state index contributed by atoms with van der Waals surface area (Å²) in [5, 5.41) is 6.11. The van der Waals surface area contributed by atoms with Crippen LogP contribution in [0.3, 0.4) is 0 Å². The highest BCUT2D eigenvalue weighted by atomic mass is 19.1. The second-order valence-electron chi connectivity index (χ2n) is 10.1. The van der Waals surface area contributed by atoms with Crippen molar-refractivity contribution in [2.75, 3.05) is 6.61 Å². The molecule has 0 spiro atoms. The van der Waals surface area contributed by atoms with Gasteiger partial charge in [-0.05, 0) is 69.9 Å². The molecule has 0 bridgehead atoms. The molecule has 2 saturated carbocycles. The Morgan fingerprint density at radius 3 is 2.42 bits per heavy atom. The second kappa shape index (κ2) is 9.87. The molecule has 9 heteroatoms. The van der Waals surface area contributed by atoms with Gasteiger partial charge in [-0.3, -0.25) is 9.59 Å². The lowest BCUT2D eigenvalue weighted by Crippen LogP contribution is -2.43. The fraction of sp³-hybridized carbons (Fsp3) is 0.481. The average Bonchev–Trinajstić information content (AvgIpc) is 3.60. The minimum atomic E-state index is -0.328. The van der Waals surface area contributed by atoms with Crippen LogP contribution in [-0.2, 0) is 4.79 Å². The van der Waals surface area contributed by atoms with Gasteiger partial charge in [-0.15, -0.1) is 0 Å². The third kappa shape index (κ3) is 5.05. The van der Waals surface area contributed by atoms with E-state index in [1.807, 2.05) is 6.92 Å². The van der Waals surface area contributed by atoms with E-state index in [1.165, 1.54) is 19.3 Å². The monoisotopic (exact) mass is 493 g/mol. The third-order valence-corrected chi connectivity index (χ3v) is 7.16. The van der Waals surface area contributed by atoms with Gasteiger partial charge in [0.25, 0.3) is 5.91 Å². The van der Waals surface area contributed by atoms with Crippen molar-refractivity contribution in [2.45, 2.75) is 71.4 Å². The maximum atomic E-state index is 14.4. The molecule has 3 N–H and O–H groups in total. The van der Waals surface area contributed by atoms with Crippen LogP contribution in [0, 0.1) is 25.6 Å². The van der Waals surface area contributed by atoms with E-state index in [2.05, 4.69) is 25.6 Å². The first-order valence-corrected chi connectivity index (χ1v) is 12.6. The Morgan fingerprint density at radius 1 is 1.06 bits per heavy atom. The Morgan fingerprint density at radius 2 is 1.75 bits per heavy atom. The van der Waals surface area contributed by atoms with Crippen LogP contribution >= 0.6 is 0 Å². The molecule has 8 nitrogen and oxygen atoms in total. The summed E-state index contributed by atoms with van der Waals surface area (Å²) in [7, 11) is 0. The number of H-pyrrole nitrogens is 1. The average molecular weight is 494 g/mol. The van der Waals surface area contributed by atoms with E-state index in [-0.39, 0.29) is 29.7 Å². The number of nitrogens with zero attached hydrogens (tertiary/aromatic N) is 2. The van der Waals surface area contributed by atoms with Crippen LogP contribution in [0.15, 0.2) is 18.5 Å². The standard InChI is InChI=1S/C27H32FN5O3/c1-14-10-20(22(11-21(14)28)36-12-17-4-5-17)24-26-25(30-13-29-24)23(15(2)31-26)27(35)33-19-8-6-18(7-9-19)32-16(3)34/h10-11,13,17-19,31H,4-9,12H2,1-3H3,(H,32,34)(H,33,35)/t18-,19+. The van der Waals surface area contributed by atoms with Gasteiger partial charge in [-0.25, -0.2) is 14.4 Å². The fourth-order valence-corrected chi connectivity index (χ4v) is 4.99. The minimum Gasteiger partial charge on any atom is -0.492 e. The Labute approximate surface area is 209 Å². The van der Waals surface area contributed by atoms with Crippen LogP contribution in [0.5, 0.6) is 5.75 Å². The summed E-state index contributed by atoms with van der Waals surface area (Å²) < 4.78 is 20.4. The van der Waals surface area contributed by atoms with Gasteiger partial charge < -0.3 is 20.4 Å². The number of aromatic nitrogens is 3. The topological polar surface area (TPSA) is 109 Å². The quantitative estimate of drug-likeness (QED) is 0.454. The first-order chi connectivity index (χ1) is 17.3. The maximum absolute atomic E-state index is 14.4. The van der Waals surface area contributed by atoms with Gasteiger partial charge in [0.05, 0.1) is 17.7 Å². The van der Waals surface area contributed by atoms with Crippen LogP contribution in [0.1, 0.15) is 67.1 Å². The molecule has 2 aliphatic rings. The molecule has 2 amide bonds. The Hall–Kier alpha value is -3.49. The predicted molar refractivity (Wildman–Crippen MR) is 134 cm³/mol. The molecule has 1 aromatic carbocycles. The van der Waals surface area contributed by atoms with Crippen molar-refractivity contribution < 1.29 is 18.7 Å². The molecule has 5 rings (SSSR count). The van der Waals surface area contributed by atoms with E-state index in [9.17, 15) is 14.0 Å². The van der Waals surface area contributed by atoms with E-state index in [0.717, 1.165) is 38.5 Å². The smallest absolute Gasteiger partial charge is 0.255 e. The molecular weight excluding hydrogens is 461 g/mol. The number of carbonyl (C=O) groups is 2. The zero-order valence-corrected chi connectivity index (χ0v) is 20.9. The summed E-state index contributed by atoms with van der Waals surface area (Å²) in [6, 6.07) is 3.36. The molecule has 2 fully saturated rings. The fourth-order valence-electron chi connectivity index (χ4n) is 4.99. The number of hydrogen-bond donors (Lipinski definition) is 3. The number of fused-ring (bicyclic) bond motifs is 1. The summed E-state index contributed by atoms with van der Waals surface area (Å²) in [6.07, 6.45) is 6.96. The predicted octanol–water partition coefficient (Wildman–Crippen LogP) is 4.35. The Bertz CT molecular complexity index is 1310. The largest absolute Gasteiger partial charge is 0.492 e. The van der Waals surface area contributed by atoms with Gasteiger partial charge in [0.15, 0.2) is 0 Å². The highest BCUT2D eigenvalue weighted by Crippen LogP contribution is 2.37. The number of hydrogen-bond acceptors (Lipinski definition) is 5. The molecule has 3 aromatic rings. The van der Waals surface area contributed by atoms with E-state index in [4.69, 9.17) is 4.74 Å². The Kier molecular flexibility index (Phi) is 6.64. The molecule has 0 unspecified atom stereocenters. The zero-order valence-electron chi connectivity index (χ0n) is 20.9. The van der Waals surface area contributed by atoms with Crippen molar-refractivity contribution in [3.8, 4) is 17.0 Å². The van der Waals surface area contributed by atoms with Crippen LogP contribution < -0.4 is 15.4 Å². The van der Waals surface area contributed by atoms with Crippen molar-refractivity contribution in [1.82, 2.24) is 25.6 Å². The summed E-state index contributed by atoms with van der Waals surface area (Å²) in [5.74, 6) is 0.422. The molecular formula is C27H32FN5O3. The Balaban J connectivity index is 1.42. The first kappa shape index (κ1) is 24.2. The lowest BCUT2D eigenvalue weighted by atomic mass is 9.91. The van der Waals surface area contributed by atoms with Crippen molar-refractivity contribution in [1.29, 1.82) is 0 Å². The van der Waals surface area contributed by atoms with Crippen LogP contribution in [-0.4, -0.2) is 45.5 Å². The molecule has 0 saturated heterocycles. The second-order valence-corrected chi connectivity index (χ2v) is 10.1. The number of nitrogens with one attached hydrogen (secondary N) is 3. The van der Waals surface area contributed by atoms with E-state index in [0.29, 0.717) is 57.4 Å². The van der Waals surface area contributed by atoms with Gasteiger partial charge in [0.2, 0.25) is 5.91 Å². The summed E-state index contributed by atoms with van der Waals surface area (Å²) in [4.78, 5) is 36.9. The number of carbonyl (C=O) groups excluding carboxylic acids is 2. The first-order valence-electron chi connectivity index (χ1n) is 12.6. The molecule has 0 radical (unpaired) electrons. The van der Waals surface area contributed by atoms with Crippen molar-refractivity contribution in [3.05, 3.63) is 41.1 Å². The lowest BCUT2D eigenvalue weighted by Gasteiger charge is -2.29. The van der Waals surface area contributed by atoms with Gasteiger partial charge in [-0.1, -0.05) is 0 Å². The number of ether oxygens (including phenoxy) is 1. The lowest BCUT2D eigenvalue weighted by molar-refractivity contribution is -0.119. The molecule has 36 heavy (non-hydrogen) atoms. The van der Waals surface area contributed by atoms with Crippen molar-refractivity contribution in [2.24, 2.45) is 5.92 Å². The highest BCUT2D eigenvalue weighted by Gasteiger charge is 2.27. The number of halogens is 1. The number of benzene rings is 1. The minimum absolute atomic E-state index is 0.0233. The van der Waals surface area contributed by atoms with E-state index >= 15 is 0 Å². The van der Waals surface area contributed by atoms with Crippen LogP contribution in [0.25, 0.3) is 22.3 Å². The van der Waals surface area contributed by atoms with Crippen LogP contribution in [0.4, 0.5) is 4.39 Å². The van der Waals surface area contributed by atoms with Gasteiger partial charge in [-0.2, -0.15) is 0 Å². The SMILES string of the molecule is CC(=O)N[C@H]1CC[C@@H](NC(=O)c2c(C)[nH]c3c(-c4cc(C)c(F)cc4OCC4CC4)ncnc23)CC1. The number of rotatable bonds is 7. The molecule has 0 atom stereocenters.